The molecule has 2 rings (SSSR count). The molecule has 5 nitrogen and oxygen atoms in total. The summed E-state index contributed by atoms with van der Waals surface area (Å²) in [4.78, 5) is 23.5. The minimum absolute atomic E-state index is 0.0110. The van der Waals surface area contributed by atoms with Crippen molar-refractivity contribution in [2.75, 3.05) is 18.4 Å². The molecule has 0 bridgehead atoms. The number of carboxylic acids is 1. The fourth-order valence-electron chi connectivity index (χ4n) is 2.68. The van der Waals surface area contributed by atoms with Crippen molar-refractivity contribution >= 4 is 17.6 Å². The monoisotopic (exact) mass is 290 g/mol. The van der Waals surface area contributed by atoms with Crippen molar-refractivity contribution < 1.29 is 14.7 Å². The fourth-order valence-corrected chi connectivity index (χ4v) is 2.68. The van der Waals surface area contributed by atoms with E-state index in [2.05, 4.69) is 10.6 Å². The van der Waals surface area contributed by atoms with E-state index in [0.717, 1.165) is 24.2 Å². The van der Waals surface area contributed by atoms with E-state index in [0.29, 0.717) is 0 Å². The zero-order valence-corrected chi connectivity index (χ0v) is 12.4. The predicted molar refractivity (Wildman–Crippen MR) is 81.3 cm³/mol. The molecular formula is C16H22N2O3. The smallest absolute Gasteiger partial charge is 0.308 e. The molecule has 1 aliphatic heterocycles. The molecule has 0 aromatic heterocycles. The maximum absolute atomic E-state index is 12.4. The normalized spacial score (nSPS) is 18.5. The molecule has 0 saturated heterocycles. The highest BCUT2D eigenvalue weighted by atomic mass is 16.4. The third-order valence-electron chi connectivity index (χ3n) is 4.02. The Kier molecular flexibility index (Phi) is 4.83. The summed E-state index contributed by atoms with van der Waals surface area (Å²) in [6.07, 6.45) is 0.724. The first kappa shape index (κ1) is 15.4. The van der Waals surface area contributed by atoms with Gasteiger partial charge in [-0.15, -0.1) is 0 Å². The third kappa shape index (κ3) is 3.54. The van der Waals surface area contributed by atoms with Gasteiger partial charge in [0.1, 0.15) is 0 Å². The molecule has 1 aromatic carbocycles. The Morgan fingerprint density at radius 2 is 2.10 bits per heavy atom. The van der Waals surface area contributed by atoms with E-state index in [1.54, 1.807) is 0 Å². The first-order valence-corrected chi connectivity index (χ1v) is 7.34. The van der Waals surface area contributed by atoms with E-state index in [1.807, 2.05) is 38.1 Å². The van der Waals surface area contributed by atoms with Crippen LogP contribution in [0, 0.1) is 11.8 Å². The molecule has 21 heavy (non-hydrogen) atoms. The van der Waals surface area contributed by atoms with Gasteiger partial charge in [-0.2, -0.15) is 0 Å². The van der Waals surface area contributed by atoms with Gasteiger partial charge < -0.3 is 15.7 Å². The van der Waals surface area contributed by atoms with Crippen molar-refractivity contribution in [3.05, 3.63) is 29.8 Å². The van der Waals surface area contributed by atoms with E-state index in [9.17, 15) is 9.59 Å². The van der Waals surface area contributed by atoms with Gasteiger partial charge >= 0.3 is 5.97 Å². The molecule has 114 valence electrons. The largest absolute Gasteiger partial charge is 0.481 e. The molecule has 0 spiro atoms. The summed E-state index contributed by atoms with van der Waals surface area (Å²) in [7, 11) is 0. The summed E-state index contributed by atoms with van der Waals surface area (Å²) in [5.41, 5.74) is 1.97. The SMILES string of the molecule is CC(C)C(CNC(=O)C1CCNc2ccccc21)C(=O)O. The fraction of sp³-hybridized carbons (Fsp3) is 0.500. The summed E-state index contributed by atoms with van der Waals surface area (Å²) in [6.45, 7) is 4.63. The van der Waals surface area contributed by atoms with E-state index in [4.69, 9.17) is 5.11 Å². The lowest BCUT2D eigenvalue weighted by Crippen LogP contribution is -2.39. The first-order valence-electron chi connectivity index (χ1n) is 7.34. The van der Waals surface area contributed by atoms with E-state index in [-0.39, 0.29) is 24.3 Å². The van der Waals surface area contributed by atoms with Crippen LogP contribution >= 0.6 is 0 Å². The zero-order valence-electron chi connectivity index (χ0n) is 12.4. The summed E-state index contributed by atoms with van der Waals surface area (Å²) in [6, 6.07) is 7.76. The number of hydrogen-bond donors (Lipinski definition) is 3. The molecule has 2 unspecified atom stereocenters. The molecule has 3 N–H and O–H groups in total. The van der Waals surface area contributed by atoms with Crippen LogP contribution in [0.5, 0.6) is 0 Å². The number of rotatable bonds is 5. The van der Waals surface area contributed by atoms with Crippen molar-refractivity contribution in [3.8, 4) is 0 Å². The molecule has 5 heteroatoms. The minimum atomic E-state index is -0.865. The number of para-hydroxylation sites is 1. The van der Waals surface area contributed by atoms with E-state index < -0.39 is 11.9 Å². The summed E-state index contributed by atoms with van der Waals surface area (Å²) in [5.74, 6) is -1.72. The molecule has 1 aromatic rings. The average molecular weight is 290 g/mol. The number of fused-ring (bicyclic) bond motifs is 1. The van der Waals surface area contributed by atoms with Crippen LogP contribution in [0.15, 0.2) is 24.3 Å². The van der Waals surface area contributed by atoms with Gasteiger partial charge in [0, 0.05) is 18.8 Å². The van der Waals surface area contributed by atoms with E-state index >= 15 is 0 Å². The van der Waals surface area contributed by atoms with Crippen molar-refractivity contribution in [3.63, 3.8) is 0 Å². The van der Waals surface area contributed by atoms with Gasteiger partial charge in [0.15, 0.2) is 0 Å². The molecule has 0 fully saturated rings. The van der Waals surface area contributed by atoms with Crippen molar-refractivity contribution in [1.29, 1.82) is 0 Å². The molecule has 0 radical (unpaired) electrons. The standard InChI is InChI=1S/C16H22N2O3/c1-10(2)13(16(20)21)9-18-15(19)12-7-8-17-14-6-4-3-5-11(12)14/h3-6,10,12-13,17H,7-9H2,1-2H3,(H,18,19)(H,20,21). The predicted octanol–water partition coefficient (Wildman–Crippen LogP) is 2.06. The van der Waals surface area contributed by atoms with Crippen LogP contribution in [-0.4, -0.2) is 30.1 Å². The number of benzene rings is 1. The van der Waals surface area contributed by atoms with Gasteiger partial charge in [-0.1, -0.05) is 32.0 Å². The Bertz CT molecular complexity index is 528. The quantitative estimate of drug-likeness (QED) is 0.775. The van der Waals surface area contributed by atoms with Crippen LogP contribution in [-0.2, 0) is 9.59 Å². The Morgan fingerprint density at radius 3 is 2.76 bits per heavy atom. The van der Waals surface area contributed by atoms with Gasteiger partial charge in [-0.25, -0.2) is 0 Å². The lowest BCUT2D eigenvalue weighted by Gasteiger charge is -2.26. The number of nitrogens with one attached hydrogen (secondary N) is 2. The van der Waals surface area contributed by atoms with Crippen LogP contribution in [0.25, 0.3) is 0 Å². The third-order valence-corrected chi connectivity index (χ3v) is 4.02. The number of carbonyl (C=O) groups is 2. The molecule has 2 atom stereocenters. The Morgan fingerprint density at radius 1 is 1.38 bits per heavy atom. The second kappa shape index (κ2) is 6.61. The van der Waals surface area contributed by atoms with Gasteiger partial charge in [-0.05, 0) is 24.0 Å². The highest BCUT2D eigenvalue weighted by Gasteiger charge is 2.28. The molecule has 0 aliphatic carbocycles. The van der Waals surface area contributed by atoms with Gasteiger partial charge in [0.2, 0.25) is 5.91 Å². The van der Waals surface area contributed by atoms with Crippen LogP contribution in [0.2, 0.25) is 0 Å². The second-order valence-corrected chi connectivity index (χ2v) is 5.79. The lowest BCUT2D eigenvalue weighted by molar-refractivity contribution is -0.143. The summed E-state index contributed by atoms with van der Waals surface area (Å²) < 4.78 is 0. The average Bonchev–Trinajstić information content (AvgIpc) is 2.46. The molecule has 1 amide bonds. The highest BCUT2D eigenvalue weighted by Crippen LogP contribution is 2.31. The molecule has 1 aliphatic rings. The van der Waals surface area contributed by atoms with Crippen LogP contribution < -0.4 is 10.6 Å². The van der Waals surface area contributed by atoms with Crippen molar-refractivity contribution in [1.82, 2.24) is 5.32 Å². The van der Waals surface area contributed by atoms with Crippen molar-refractivity contribution in [2.45, 2.75) is 26.2 Å². The number of aliphatic carboxylic acids is 1. The van der Waals surface area contributed by atoms with E-state index in [1.165, 1.54) is 0 Å². The first-order chi connectivity index (χ1) is 10.0. The van der Waals surface area contributed by atoms with Crippen LogP contribution in [0.3, 0.4) is 0 Å². The van der Waals surface area contributed by atoms with Gasteiger partial charge in [0.05, 0.1) is 11.8 Å². The number of amides is 1. The highest BCUT2D eigenvalue weighted by molar-refractivity contribution is 5.86. The molecular weight excluding hydrogens is 268 g/mol. The number of hydrogen-bond acceptors (Lipinski definition) is 3. The van der Waals surface area contributed by atoms with Gasteiger partial charge in [-0.3, -0.25) is 9.59 Å². The van der Waals surface area contributed by atoms with Crippen molar-refractivity contribution in [2.24, 2.45) is 11.8 Å². The topological polar surface area (TPSA) is 78.4 Å². The Balaban J connectivity index is 2.03. The molecule has 1 heterocycles. The van der Waals surface area contributed by atoms with Crippen LogP contribution in [0.1, 0.15) is 31.7 Å². The maximum atomic E-state index is 12.4. The molecule has 0 saturated carbocycles. The Hall–Kier alpha value is -2.04. The minimum Gasteiger partial charge on any atom is -0.481 e. The summed E-state index contributed by atoms with van der Waals surface area (Å²) in [5, 5.41) is 15.2. The Labute approximate surface area is 124 Å². The number of anilines is 1. The number of carbonyl (C=O) groups excluding carboxylic acids is 1. The van der Waals surface area contributed by atoms with Gasteiger partial charge in [0.25, 0.3) is 0 Å². The lowest BCUT2D eigenvalue weighted by atomic mass is 9.89. The zero-order chi connectivity index (χ0) is 15.4. The maximum Gasteiger partial charge on any atom is 0.308 e. The second-order valence-electron chi connectivity index (χ2n) is 5.79. The summed E-state index contributed by atoms with van der Waals surface area (Å²) >= 11 is 0. The number of carboxylic acid groups (broad SMARTS) is 1. The van der Waals surface area contributed by atoms with Crippen LogP contribution in [0.4, 0.5) is 5.69 Å².